The lowest BCUT2D eigenvalue weighted by Gasteiger charge is -2.13. The molecule has 0 aliphatic rings. The Morgan fingerprint density at radius 2 is 1.97 bits per heavy atom. The summed E-state index contributed by atoms with van der Waals surface area (Å²) in [6.07, 6.45) is 0.825. The summed E-state index contributed by atoms with van der Waals surface area (Å²) in [6.45, 7) is 2.25. The van der Waals surface area contributed by atoms with E-state index in [1.807, 2.05) is 6.92 Å². The molecule has 0 atom stereocenters. The van der Waals surface area contributed by atoms with Gasteiger partial charge in [0, 0.05) is 17.7 Å². The Morgan fingerprint density at radius 1 is 1.23 bits per heavy atom. The zero-order valence-electron chi connectivity index (χ0n) is 16.7. The number of methoxy groups -OCH3 is 1. The van der Waals surface area contributed by atoms with Gasteiger partial charge in [-0.15, -0.1) is 10.2 Å². The molecular weight excluding hydrogens is 474 g/mol. The van der Waals surface area contributed by atoms with Gasteiger partial charge in [0.1, 0.15) is 0 Å². The van der Waals surface area contributed by atoms with Crippen molar-refractivity contribution in [2.75, 3.05) is 13.7 Å². The molecule has 0 aliphatic carbocycles. The van der Waals surface area contributed by atoms with E-state index in [1.165, 1.54) is 37.4 Å². The smallest absolute Gasteiger partial charge is 0.338 e. The first-order valence-corrected chi connectivity index (χ1v) is 9.97. The minimum Gasteiger partial charge on any atom is -0.493 e. The van der Waals surface area contributed by atoms with E-state index in [0.29, 0.717) is 28.1 Å². The molecule has 0 saturated carbocycles. The van der Waals surface area contributed by atoms with Crippen molar-refractivity contribution in [3.8, 4) is 23.0 Å². The quantitative estimate of drug-likeness (QED) is 0.240. The Kier molecular flexibility index (Phi) is 7.19. The minimum atomic E-state index is -0.615. The minimum absolute atomic E-state index is 0.0508. The van der Waals surface area contributed by atoms with E-state index in [1.54, 1.807) is 6.07 Å². The predicted octanol–water partition coefficient (Wildman–Crippen LogP) is 4.56. The van der Waals surface area contributed by atoms with Crippen molar-refractivity contribution in [1.82, 2.24) is 10.2 Å². The van der Waals surface area contributed by atoms with Crippen molar-refractivity contribution >= 4 is 27.6 Å². The summed E-state index contributed by atoms with van der Waals surface area (Å²) in [7, 11) is 1.48. The van der Waals surface area contributed by atoms with Crippen molar-refractivity contribution < 1.29 is 28.3 Å². The fraction of sp³-hybridized carbons (Fsp3) is 0.250. The molecule has 0 radical (unpaired) electrons. The number of benzene rings is 2. The third-order valence-corrected chi connectivity index (χ3v) is 4.62. The zero-order chi connectivity index (χ0) is 22.4. The standard InChI is InChI=1S/C20H18BrN3O7/c1-3-8-29-18-15(21)9-13(10-16(18)28-2)20(25)30-11-17-22-23-19(31-17)12-4-6-14(7-5-12)24(26)27/h4-7,9-10H,3,8,11H2,1-2H3. The first-order valence-electron chi connectivity index (χ1n) is 9.17. The number of esters is 1. The van der Waals surface area contributed by atoms with E-state index >= 15 is 0 Å². The Hall–Kier alpha value is -3.47. The predicted molar refractivity (Wildman–Crippen MR) is 112 cm³/mol. The summed E-state index contributed by atoms with van der Waals surface area (Å²) < 4.78 is 22.2. The molecule has 3 rings (SSSR count). The van der Waals surface area contributed by atoms with Gasteiger partial charge in [-0.2, -0.15) is 0 Å². The van der Waals surface area contributed by atoms with Crippen LogP contribution in [-0.2, 0) is 11.3 Å². The number of carbonyl (C=O) groups is 1. The summed E-state index contributed by atoms with van der Waals surface area (Å²) >= 11 is 3.38. The van der Waals surface area contributed by atoms with Gasteiger partial charge in [0.05, 0.1) is 28.7 Å². The monoisotopic (exact) mass is 491 g/mol. The van der Waals surface area contributed by atoms with Crippen LogP contribution in [-0.4, -0.2) is 34.8 Å². The number of rotatable bonds is 9. The van der Waals surface area contributed by atoms with Gasteiger partial charge in [0.15, 0.2) is 18.1 Å². The van der Waals surface area contributed by atoms with Gasteiger partial charge in [0.25, 0.3) is 11.6 Å². The molecule has 1 aromatic heterocycles. The highest BCUT2D eigenvalue weighted by Gasteiger charge is 2.18. The summed E-state index contributed by atoms with van der Waals surface area (Å²) in [4.78, 5) is 22.7. The molecule has 0 bridgehead atoms. The molecule has 2 aromatic carbocycles. The molecule has 0 spiro atoms. The number of nitrogens with zero attached hydrogens (tertiary/aromatic N) is 3. The second-order valence-corrected chi connectivity index (χ2v) is 7.07. The van der Waals surface area contributed by atoms with Crippen LogP contribution in [0.15, 0.2) is 45.3 Å². The Labute approximate surface area is 185 Å². The lowest BCUT2D eigenvalue weighted by molar-refractivity contribution is -0.384. The second-order valence-electron chi connectivity index (χ2n) is 6.22. The maximum absolute atomic E-state index is 12.4. The number of aromatic nitrogens is 2. The molecule has 1 heterocycles. The van der Waals surface area contributed by atoms with Crippen LogP contribution < -0.4 is 9.47 Å². The largest absolute Gasteiger partial charge is 0.493 e. The number of non-ortho nitro benzene ring substituents is 1. The Morgan fingerprint density at radius 3 is 2.61 bits per heavy atom. The van der Waals surface area contributed by atoms with Crippen LogP contribution in [0.5, 0.6) is 11.5 Å². The molecule has 0 amide bonds. The van der Waals surface area contributed by atoms with E-state index in [4.69, 9.17) is 18.6 Å². The van der Waals surface area contributed by atoms with Crippen molar-refractivity contribution in [3.63, 3.8) is 0 Å². The van der Waals surface area contributed by atoms with Gasteiger partial charge in [-0.25, -0.2) is 4.79 Å². The summed E-state index contributed by atoms with van der Waals surface area (Å²) in [5.41, 5.74) is 0.708. The van der Waals surface area contributed by atoms with E-state index in [9.17, 15) is 14.9 Å². The maximum Gasteiger partial charge on any atom is 0.338 e. The topological polar surface area (TPSA) is 127 Å². The van der Waals surface area contributed by atoms with Crippen molar-refractivity contribution in [1.29, 1.82) is 0 Å². The highest BCUT2D eigenvalue weighted by atomic mass is 79.9. The Balaban J connectivity index is 1.67. The van der Waals surface area contributed by atoms with E-state index in [0.717, 1.165) is 6.42 Å². The molecule has 0 fully saturated rings. The van der Waals surface area contributed by atoms with Crippen molar-refractivity contribution in [2.45, 2.75) is 20.0 Å². The van der Waals surface area contributed by atoms with Crippen LogP contribution in [0.2, 0.25) is 0 Å². The maximum atomic E-state index is 12.4. The average Bonchev–Trinajstić information content (AvgIpc) is 3.25. The summed E-state index contributed by atoms with van der Waals surface area (Å²) in [6, 6.07) is 8.75. The second kappa shape index (κ2) is 10.0. The highest BCUT2D eigenvalue weighted by Crippen LogP contribution is 2.37. The molecule has 0 saturated heterocycles. The molecule has 11 heteroatoms. The third-order valence-electron chi connectivity index (χ3n) is 4.03. The fourth-order valence-electron chi connectivity index (χ4n) is 2.55. The first-order chi connectivity index (χ1) is 14.9. The van der Waals surface area contributed by atoms with Crippen LogP contribution >= 0.6 is 15.9 Å². The number of nitro benzene ring substituents is 1. The lowest BCUT2D eigenvalue weighted by atomic mass is 10.2. The number of carbonyl (C=O) groups excluding carboxylic acids is 1. The van der Waals surface area contributed by atoms with Crippen molar-refractivity contribution in [3.05, 3.63) is 62.4 Å². The van der Waals surface area contributed by atoms with Gasteiger partial charge in [-0.3, -0.25) is 10.1 Å². The van der Waals surface area contributed by atoms with E-state index in [2.05, 4.69) is 26.1 Å². The van der Waals surface area contributed by atoms with Crippen molar-refractivity contribution in [2.24, 2.45) is 0 Å². The normalized spacial score (nSPS) is 10.5. The number of halogens is 1. The number of hydrogen-bond donors (Lipinski definition) is 0. The van der Waals surface area contributed by atoms with Gasteiger partial charge in [0.2, 0.25) is 5.89 Å². The van der Waals surface area contributed by atoms with Gasteiger partial charge >= 0.3 is 5.97 Å². The molecule has 0 aliphatic heterocycles. The molecule has 0 N–H and O–H groups in total. The van der Waals surface area contributed by atoms with Crippen LogP contribution in [0.4, 0.5) is 5.69 Å². The zero-order valence-corrected chi connectivity index (χ0v) is 18.2. The van der Waals surface area contributed by atoms with E-state index < -0.39 is 10.9 Å². The van der Waals surface area contributed by atoms with E-state index in [-0.39, 0.29) is 29.6 Å². The molecule has 31 heavy (non-hydrogen) atoms. The molecular formula is C20H18BrN3O7. The SMILES string of the molecule is CCCOc1c(Br)cc(C(=O)OCc2nnc(-c3ccc([N+](=O)[O-])cc3)o2)cc1OC. The molecule has 3 aromatic rings. The van der Waals surface area contributed by atoms with Crippen LogP contribution in [0.3, 0.4) is 0 Å². The lowest BCUT2D eigenvalue weighted by Crippen LogP contribution is -2.07. The highest BCUT2D eigenvalue weighted by molar-refractivity contribution is 9.10. The number of hydrogen-bond acceptors (Lipinski definition) is 9. The molecule has 10 nitrogen and oxygen atoms in total. The fourth-order valence-corrected chi connectivity index (χ4v) is 3.10. The van der Waals surface area contributed by atoms with Crippen LogP contribution in [0, 0.1) is 10.1 Å². The van der Waals surface area contributed by atoms with Gasteiger partial charge in [-0.05, 0) is 46.6 Å². The van der Waals surface area contributed by atoms with Gasteiger partial charge in [-0.1, -0.05) is 6.92 Å². The molecule has 162 valence electrons. The third kappa shape index (κ3) is 5.37. The average molecular weight is 492 g/mol. The number of ether oxygens (including phenoxy) is 3. The summed E-state index contributed by atoms with van der Waals surface area (Å²) in [5, 5.41) is 18.4. The van der Waals surface area contributed by atoms with Crippen LogP contribution in [0.1, 0.15) is 29.6 Å². The van der Waals surface area contributed by atoms with Gasteiger partial charge < -0.3 is 18.6 Å². The number of nitro groups is 1. The first kappa shape index (κ1) is 22.2. The Bertz CT molecular complexity index is 1080. The van der Waals surface area contributed by atoms with Crippen LogP contribution in [0.25, 0.3) is 11.5 Å². The summed E-state index contributed by atoms with van der Waals surface area (Å²) in [5.74, 6) is 0.521. The molecule has 0 unspecified atom stereocenters.